The molecule has 2 heterocycles. The summed E-state index contributed by atoms with van der Waals surface area (Å²) >= 11 is 0. The fourth-order valence-electron chi connectivity index (χ4n) is 2.18. The molecular weight excluding hydrogens is 327 g/mol. The van der Waals surface area contributed by atoms with Crippen LogP contribution in [0, 0.1) is 0 Å². The van der Waals surface area contributed by atoms with Crippen LogP contribution < -0.4 is 10.9 Å². The standard InChI is InChI=1S/C14H16F3N5O2/c1-3-22-13(18-8-19-22)9(2)20-11(23)7-21-6-10(14(15,16)17)4-5-12(21)24/h4-6,8-9H,3,7H2,1-2H3,(H,20,23)/t9-/m1/s1. The number of amides is 1. The summed E-state index contributed by atoms with van der Waals surface area (Å²) in [6.07, 6.45) is -2.61. The lowest BCUT2D eigenvalue weighted by Crippen LogP contribution is -2.35. The van der Waals surface area contributed by atoms with Gasteiger partial charge >= 0.3 is 6.18 Å². The number of aryl methyl sites for hydroxylation is 1. The van der Waals surface area contributed by atoms with E-state index in [-0.39, 0.29) is 0 Å². The fourth-order valence-corrected chi connectivity index (χ4v) is 2.18. The maximum Gasteiger partial charge on any atom is 0.417 e. The lowest BCUT2D eigenvalue weighted by atomic mass is 10.2. The molecule has 0 spiro atoms. The summed E-state index contributed by atoms with van der Waals surface area (Å²) < 4.78 is 40.3. The topological polar surface area (TPSA) is 81.8 Å². The lowest BCUT2D eigenvalue weighted by molar-refractivity contribution is -0.138. The lowest BCUT2D eigenvalue weighted by Gasteiger charge is -2.15. The number of rotatable bonds is 5. The molecule has 7 nitrogen and oxygen atoms in total. The van der Waals surface area contributed by atoms with E-state index in [4.69, 9.17) is 0 Å². The van der Waals surface area contributed by atoms with Gasteiger partial charge in [-0.15, -0.1) is 0 Å². The third-order valence-electron chi connectivity index (χ3n) is 3.33. The molecule has 0 aromatic carbocycles. The highest BCUT2D eigenvalue weighted by atomic mass is 19.4. The molecule has 2 aromatic heterocycles. The Morgan fingerprint density at radius 2 is 2.08 bits per heavy atom. The van der Waals surface area contributed by atoms with E-state index in [0.29, 0.717) is 24.6 Å². The van der Waals surface area contributed by atoms with Gasteiger partial charge in [0.25, 0.3) is 5.56 Å². The van der Waals surface area contributed by atoms with Crippen molar-refractivity contribution >= 4 is 5.91 Å². The average molecular weight is 343 g/mol. The monoisotopic (exact) mass is 343 g/mol. The van der Waals surface area contributed by atoms with Crippen LogP contribution >= 0.6 is 0 Å². The normalized spacial score (nSPS) is 12.9. The van der Waals surface area contributed by atoms with Gasteiger partial charge in [-0.25, -0.2) is 9.67 Å². The minimum Gasteiger partial charge on any atom is -0.345 e. The molecule has 24 heavy (non-hydrogen) atoms. The van der Waals surface area contributed by atoms with E-state index in [2.05, 4.69) is 15.4 Å². The number of alkyl halides is 3. The van der Waals surface area contributed by atoms with Crippen LogP contribution in [-0.2, 0) is 24.1 Å². The number of aromatic nitrogens is 4. The van der Waals surface area contributed by atoms with Crippen LogP contribution in [0.2, 0.25) is 0 Å². The molecule has 0 aliphatic carbocycles. The van der Waals surface area contributed by atoms with Crippen LogP contribution in [0.1, 0.15) is 31.3 Å². The van der Waals surface area contributed by atoms with Gasteiger partial charge in [0, 0.05) is 18.8 Å². The summed E-state index contributed by atoms with van der Waals surface area (Å²) in [5, 5.41) is 6.56. The zero-order valence-electron chi connectivity index (χ0n) is 13.0. The van der Waals surface area contributed by atoms with Crippen molar-refractivity contribution < 1.29 is 18.0 Å². The number of nitrogens with zero attached hydrogens (tertiary/aromatic N) is 4. The van der Waals surface area contributed by atoms with Gasteiger partial charge in [-0.2, -0.15) is 18.3 Å². The van der Waals surface area contributed by atoms with Gasteiger partial charge in [0.1, 0.15) is 18.7 Å². The van der Waals surface area contributed by atoms with Crippen LogP contribution in [-0.4, -0.2) is 25.2 Å². The summed E-state index contributed by atoms with van der Waals surface area (Å²) in [6, 6.07) is 0.970. The van der Waals surface area contributed by atoms with Crippen molar-refractivity contribution in [3.8, 4) is 0 Å². The maximum atomic E-state index is 12.7. The molecule has 10 heteroatoms. The van der Waals surface area contributed by atoms with Gasteiger partial charge in [-0.1, -0.05) is 0 Å². The van der Waals surface area contributed by atoms with E-state index in [0.717, 1.165) is 10.6 Å². The molecule has 1 atom stereocenters. The van der Waals surface area contributed by atoms with Crippen LogP contribution in [0.5, 0.6) is 0 Å². The van der Waals surface area contributed by atoms with Crippen molar-refractivity contribution in [1.29, 1.82) is 0 Å². The Hall–Kier alpha value is -2.65. The number of hydrogen-bond acceptors (Lipinski definition) is 4. The van der Waals surface area contributed by atoms with Gasteiger partial charge in [0.05, 0.1) is 11.6 Å². The SMILES string of the molecule is CCn1ncnc1[C@@H](C)NC(=O)Cn1cc(C(F)(F)F)ccc1=O. The first-order valence-electron chi connectivity index (χ1n) is 7.17. The second-order valence-electron chi connectivity index (χ2n) is 5.10. The quantitative estimate of drug-likeness (QED) is 0.889. The Morgan fingerprint density at radius 1 is 1.38 bits per heavy atom. The molecule has 2 rings (SSSR count). The van der Waals surface area contributed by atoms with E-state index < -0.39 is 35.8 Å². The van der Waals surface area contributed by atoms with Crippen LogP contribution in [0.15, 0.2) is 29.5 Å². The second kappa shape index (κ2) is 6.85. The summed E-state index contributed by atoms with van der Waals surface area (Å²) in [6.45, 7) is 3.56. The van der Waals surface area contributed by atoms with E-state index in [1.165, 1.54) is 6.33 Å². The highest BCUT2D eigenvalue weighted by Gasteiger charge is 2.31. The first-order valence-corrected chi connectivity index (χ1v) is 7.17. The smallest absolute Gasteiger partial charge is 0.345 e. The van der Waals surface area contributed by atoms with Crippen molar-refractivity contribution in [1.82, 2.24) is 24.6 Å². The van der Waals surface area contributed by atoms with Gasteiger partial charge in [0.15, 0.2) is 0 Å². The number of hydrogen-bond donors (Lipinski definition) is 1. The van der Waals surface area contributed by atoms with Crippen molar-refractivity contribution in [3.05, 3.63) is 46.4 Å². The Bertz CT molecular complexity index is 781. The first kappa shape index (κ1) is 17.7. The molecule has 0 saturated carbocycles. The van der Waals surface area contributed by atoms with E-state index in [9.17, 15) is 22.8 Å². The second-order valence-corrected chi connectivity index (χ2v) is 5.10. The van der Waals surface area contributed by atoms with Gasteiger partial charge < -0.3 is 9.88 Å². The summed E-state index contributed by atoms with van der Waals surface area (Å²) in [5.41, 5.74) is -1.68. The third-order valence-corrected chi connectivity index (χ3v) is 3.33. The minimum atomic E-state index is -4.59. The largest absolute Gasteiger partial charge is 0.417 e. The number of pyridine rings is 1. The molecule has 0 radical (unpaired) electrons. The van der Waals surface area contributed by atoms with Crippen molar-refractivity contribution in [2.24, 2.45) is 0 Å². The molecule has 0 aliphatic heterocycles. The van der Waals surface area contributed by atoms with Gasteiger partial charge in [-0.3, -0.25) is 9.59 Å². The fraction of sp³-hybridized carbons (Fsp3) is 0.429. The van der Waals surface area contributed by atoms with E-state index >= 15 is 0 Å². The van der Waals surface area contributed by atoms with Crippen LogP contribution in [0.25, 0.3) is 0 Å². The maximum absolute atomic E-state index is 12.7. The zero-order valence-corrected chi connectivity index (χ0v) is 13.0. The predicted molar refractivity (Wildman–Crippen MR) is 78.0 cm³/mol. The Labute approximate surface area is 135 Å². The molecule has 0 unspecified atom stereocenters. The Morgan fingerprint density at radius 3 is 2.71 bits per heavy atom. The highest BCUT2D eigenvalue weighted by molar-refractivity contribution is 5.76. The first-order chi connectivity index (χ1) is 11.2. The summed E-state index contributed by atoms with van der Waals surface area (Å²) in [4.78, 5) is 27.7. The molecular formula is C14H16F3N5O2. The van der Waals surface area contributed by atoms with Crippen molar-refractivity contribution in [2.75, 3.05) is 0 Å². The number of halogens is 3. The Kier molecular flexibility index (Phi) is 5.05. The molecule has 130 valence electrons. The van der Waals surface area contributed by atoms with Gasteiger partial charge in [-0.05, 0) is 19.9 Å². The average Bonchev–Trinajstić information content (AvgIpc) is 2.96. The van der Waals surface area contributed by atoms with Crippen molar-refractivity contribution in [3.63, 3.8) is 0 Å². The predicted octanol–water partition coefficient (Wildman–Crippen LogP) is 1.36. The Balaban J connectivity index is 2.11. The van der Waals surface area contributed by atoms with Crippen LogP contribution in [0.3, 0.4) is 0 Å². The molecule has 0 bridgehead atoms. The van der Waals surface area contributed by atoms with E-state index in [1.807, 2.05) is 6.92 Å². The third kappa shape index (κ3) is 4.00. The molecule has 1 amide bonds. The summed E-state index contributed by atoms with van der Waals surface area (Å²) in [5.74, 6) is -0.0863. The van der Waals surface area contributed by atoms with Crippen molar-refractivity contribution in [2.45, 2.75) is 39.2 Å². The number of carbonyl (C=O) groups is 1. The summed E-state index contributed by atoms with van der Waals surface area (Å²) in [7, 11) is 0. The molecule has 0 saturated heterocycles. The van der Waals surface area contributed by atoms with Crippen LogP contribution in [0.4, 0.5) is 13.2 Å². The van der Waals surface area contributed by atoms with Gasteiger partial charge in [0.2, 0.25) is 5.91 Å². The van der Waals surface area contributed by atoms with E-state index in [1.54, 1.807) is 11.6 Å². The zero-order chi connectivity index (χ0) is 17.9. The molecule has 0 fully saturated rings. The number of nitrogens with one attached hydrogen (secondary N) is 1. The molecule has 1 N–H and O–H groups in total. The molecule has 2 aromatic rings. The minimum absolute atomic E-state index is 0.499. The highest BCUT2D eigenvalue weighted by Crippen LogP contribution is 2.27. The number of carbonyl (C=O) groups excluding carboxylic acids is 1. The molecule has 0 aliphatic rings.